The molecule has 1 atom stereocenters. The summed E-state index contributed by atoms with van der Waals surface area (Å²) >= 11 is 6.15. The summed E-state index contributed by atoms with van der Waals surface area (Å²) in [6.45, 7) is 5.28. The summed E-state index contributed by atoms with van der Waals surface area (Å²) in [5.41, 5.74) is 0.605. The number of hydrogen-bond acceptors (Lipinski definition) is 5. The van der Waals surface area contributed by atoms with E-state index in [1.54, 1.807) is 24.3 Å². The van der Waals surface area contributed by atoms with Gasteiger partial charge in [0.2, 0.25) is 15.9 Å². The van der Waals surface area contributed by atoms with Crippen LogP contribution in [0.1, 0.15) is 31.1 Å². The minimum absolute atomic E-state index is 0.0274. The minimum atomic E-state index is -3.83. The van der Waals surface area contributed by atoms with Gasteiger partial charge >= 0.3 is 0 Å². The van der Waals surface area contributed by atoms with E-state index in [0.29, 0.717) is 15.7 Å². The first-order chi connectivity index (χ1) is 13.6. The van der Waals surface area contributed by atoms with E-state index >= 15 is 0 Å². The predicted octanol–water partition coefficient (Wildman–Crippen LogP) is 3.69. The van der Waals surface area contributed by atoms with Gasteiger partial charge in [-0.05, 0) is 44.2 Å². The van der Waals surface area contributed by atoms with Gasteiger partial charge in [-0.2, -0.15) is 0 Å². The summed E-state index contributed by atoms with van der Waals surface area (Å²) in [4.78, 5) is 25.1. The summed E-state index contributed by atoms with van der Waals surface area (Å²) in [5, 5.41) is 2.82. The second kappa shape index (κ2) is 8.04. The molecular weight excluding hydrogens is 416 g/mol. The minimum Gasteiger partial charge on any atom is -0.489 e. The number of ether oxygens (including phenoxy) is 1. The van der Waals surface area contributed by atoms with Crippen LogP contribution in [-0.2, 0) is 14.8 Å². The van der Waals surface area contributed by atoms with Crippen molar-refractivity contribution in [2.24, 2.45) is 5.92 Å². The van der Waals surface area contributed by atoms with Crippen LogP contribution in [0.5, 0.6) is 5.75 Å². The van der Waals surface area contributed by atoms with Gasteiger partial charge < -0.3 is 10.1 Å². The number of hydrogen-bond donors (Lipinski definition) is 1. The number of sulfonamides is 1. The first-order valence-corrected chi connectivity index (χ1v) is 11.0. The van der Waals surface area contributed by atoms with Crippen LogP contribution in [-0.4, -0.2) is 32.1 Å². The van der Waals surface area contributed by atoms with Crippen molar-refractivity contribution < 1.29 is 22.7 Å². The van der Waals surface area contributed by atoms with Gasteiger partial charge in [0.1, 0.15) is 5.75 Å². The fourth-order valence-electron chi connectivity index (χ4n) is 3.00. The highest BCUT2D eigenvalue weighted by Crippen LogP contribution is 2.35. The van der Waals surface area contributed by atoms with Gasteiger partial charge in [-0.3, -0.25) is 9.59 Å². The molecule has 2 amide bonds. The maximum absolute atomic E-state index is 12.8. The summed E-state index contributed by atoms with van der Waals surface area (Å²) in [6, 6.07) is 11.1. The molecule has 2 aromatic rings. The average Bonchev–Trinajstić information content (AvgIpc) is 2.84. The van der Waals surface area contributed by atoms with E-state index in [9.17, 15) is 18.0 Å². The smallest absolute Gasteiger partial charge is 0.255 e. The fourth-order valence-corrected chi connectivity index (χ4v) is 5.08. The van der Waals surface area contributed by atoms with Crippen LogP contribution in [0.3, 0.4) is 0 Å². The van der Waals surface area contributed by atoms with Crippen LogP contribution < -0.4 is 14.4 Å². The first-order valence-electron chi connectivity index (χ1n) is 9.03. The highest BCUT2D eigenvalue weighted by molar-refractivity contribution is 7.94. The Labute approximate surface area is 174 Å². The normalized spacial score (nSPS) is 18.2. The Balaban J connectivity index is 1.93. The van der Waals surface area contributed by atoms with Crippen LogP contribution in [0.4, 0.5) is 11.4 Å². The van der Waals surface area contributed by atoms with Crippen LogP contribution in [0.25, 0.3) is 0 Å². The molecule has 1 aliphatic heterocycles. The molecule has 9 heteroatoms. The van der Waals surface area contributed by atoms with Crippen molar-refractivity contribution in [1.29, 1.82) is 0 Å². The molecule has 1 aliphatic rings. The number of para-hydroxylation sites is 2. The maximum Gasteiger partial charge on any atom is 0.255 e. The summed E-state index contributed by atoms with van der Waals surface area (Å²) in [5.74, 6) is -1.51. The third-order valence-corrected chi connectivity index (χ3v) is 6.46. The maximum atomic E-state index is 12.8. The Morgan fingerprint density at radius 1 is 1.24 bits per heavy atom. The second-order valence-electron chi connectivity index (χ2n) is 7.07. The second-order valence-corrected chi connectivity index (χ2v) is 9.33. The molecule has 1 unspecified atom stereocenters. The molecule has 1 saturated heterocycles. The lowest BCUT2D eigenvalue weighted by atomic mass is 10.1. The van der Waals surface area contributed by atoms with Gasteiger partial charge in [0.05, 0.1) is 34.2 Å². The number of carbonyl (C=O) groups is 2. The lowest BCUT2D eigenvalue weighted by Gasteiger charge is -2.18. The highest BCUT2D eigenvalue weighted by Gasteiger charge is 2.43. The highest BCUT2D eigenvalue weighted by atomic mass is 35.5. The predicted molar refractivity (Wildman–Crippen MR) is 112 cm³/mol. The third-order valence-electron chi connectivity index (χ3n) is 4.29. The number of anilines is 2. The fraction of sp³-hybridized carbons (Fsp3) is 0.300. The van der Waals surface area contributed by atoms with E-state index in [-0.39, 0.29) is 28.1 Å². The number of benzene rings is 2. The summed E-state index contributed by atoms with van der Waals surface area (Å²) in [6.07, 6.45) is -0.0800. The van der Waals surface area contributed by atoms with Crippen molar-refractivity contribution in [2.45, 2.75) is 26.9 Å². The molecule has 2 aromatic carbocycles. The zero-order valence-corrected chi connectivity index (χ0v) is 17.8. The van der Waals surface area contributed by atoms with Crippen LogP contribution in [0.2, 0.25) is 5.02 Å². The van der Waals surface area contributed by atoms with E-state index < -0.39 is 27.8 Å². The Morgan fingerprint density at radius 3 is 2.55 bits per heavy atom. The summed E-state index contributed by atoms with van der Waals surface area (Å²) < 4.78 is 31.1. The topological polar surface area (TPSA) is 92.8 Å². The van der Waals surface area contributed by atoms with Crippen LogP contribution in [0.15, 0.2) is 42.5 Å². The van der Waals surface area contributed by atoms with E-state index in [0.717, 1.165) is 0 Å². The monoisotopic (exact) mass is 436 g/mol. The van der Waals surface area contributed by atoms with E-state index in [2.05, 4.69) is 5.32 Å². The standard InChI is InChI=1S/C20H21ClN2O5S/c1-12(2)28-18-7-5-4-6-16(18)22-19(24)14-8-9-15(21)17(10-14)23-20(25)13(3)11-29(23,26)27/h4-10,12-13H,11H2,1-3H3,(H,22,24). The molecule has 1 N–H and O–H groups in total. The molecule has 0 spiro atoms. The Kier molecular flexibility index (Phi) is 5.86. The molecule has 0 radical (unpaired) electrons. The van der Waals surface area contributed by atoms with Gasteiger partial charge in [-0.25, -0.2) is 12.7 Å². The van der Waals surface area contributed by atoms with Gasteiger partial charge in [-0.15, -0.1) is 0 Å². The Morgan fingerprint density at radius 2 is 1.93 bits per heavy atom. The van der Waals surface area contributed by atoms with Crippen molar-refractivity contribution >= 4 is 44.8 Å². The lowest BCUT2D eigenvalue weighted by Crippen LogP contribution is -2.30. The molecule has 1 heterocycles. The first kappa shape index (κ1) is 21.1. The number of rotatable bonds is 5. The van der Waals surface area contributed by atoms with Gasteiger partial charge in [0.25, 0.3) is 5.91 Å². The third kappa shape index (κ3) is 4.38. The quantitative estimate of drug-likeness (QED) is 0.771. The molecule has 0 aromatic heterocycles. The van der Waals surface area contributed by atoms with Crippen LogP contribution >= 0.6 is 11.6 Å². The number of nitrogens with zero attached hydrogens (tertiary/aromatic N) is 1. The molecule has 154 valence electrons. The Bertz CT molecular complexity index is 1070. The zero-order valence-electron chi connectivity index (χ0n) is 16.2. The SMILES string of the molecule is CC(C)Oc1ccccc1NC(=O)c1ccc(Cl)c(N2C(=O)C(C)CS2(=O)=O)c1. The van der Waals surface area contributed by atoms with Gasteiger partial charge in [-0.1, -0.05) is 30.7 Å². The Hall–Kier alpha value is -2.58. The number of nitrogens with one attached hydrogen (secondary N) is 1. The molecular formula is C20H21ClN2O5S. The van der Waals surface area contributed by atoms with Crippen molar-refractivity contribution in [3.63, 3.8) is 0 Å². The van der Waals surface area contributed by atoms with Gasteiger partial charge in [0, 0.05) is 5.56 Å². The van der Waals surface area contributed by atoms with Crippen molar-refractivity contribution in [3.8, 4) is 5.75 Å². The van der Waals surface area contributed by atoms with Crippen molar-refractivity contribution in [3.05, 3.63) is 53.1 Å². The molecule has 1 fully saturated rings. The molecule has 0 aliphatic carbocycles. The van der Waals surface area contributed by atoms with Crippen molar-refractivity contribution in [1.82, 2.24) is 0 Å². The number of carbonyl (C=O) groups excluding carboxylic acids is 2. The molecule has 0 bridgehead atoms. The van der Waals surface area contributed by atoms with Crippen LogP contribution in [0, 0.1) is 5.92 Å². The van der Waals surface area contributed by atoms with E-state index in [4.69, 9.17) is 16.3 Å². The summed E-state index contributed by atoms with van der Waals surface area (Å²) in [7, 11) is -3.83. The number of amides is 2. The van der Waals surface area contributed by atoms with E-state index in [1.807, 2.05) is 13.8 Å². The van der Waals surface area contributed by atoms with Gasteiger partial charge in [0.15, 0.2) is 0 Å². The van der Waals surface area contributed by atoms with E-state index in [1.165, 1.54) is 25.1 Å². The molecule has 7 nitrogen and oxygen atoms in total. The zero-order chi connectivity index (χ0) is 21.3. The average molecular weight is 437 g/mol. The number of halogens is 1. The van der Waals surface area contributed by atoms with Crippen molar-refractivity contribution in [2.75, 3.05) is 15.4 Å². The lowest BCUT2D eigenvalue weighted by molar-refractivity contribution is -0.119. The largest absolute Gasteiger partial charge is 0.489 e. The molecule has 3 rings (SSSR count). The molecule has 0 saturated carbocycles. The molecule has 29 heavy (non-hydrogen) atoms.